The van der Waals surface area contributed by atoms with E-state index in [4.69, 9.17) is 5.73 Å². The summed E-state index contributed by atoms with van der Waals surface area (Å²) >= 11 is 3.46. The van der Waals surface area contributed by atoms with Gasteiger partial charge in [-0.2, -0.15) is 0 Å². The lowest BCUT2D eigenvalue weighted by atomic mass is 10.0. The average molecular weight is 294 g/mol. The number of rotatable bonds is 3. The molecule has 0 fully saturated rings. The lowest BCUT2D eigenvalue weighted by molar-refractivity contribution is -0.120. The summed E-state index contributed by atoms with van der Waals surface area (Å²) in [4.78, 5) is 15.7. The Bertz CT molecular complexity index is 571. The van der Waals surface area contributed by atoms with E-state index in [2.05, 4.69) is 26.2 Å². The van der Waals surface area contributed by atoms with Crippen LogP contribution in [-0.4, -0.2) is 17.9 Å². The van der Waals surface area contributed by atoms with Gasteiger partial charge >= 0.3 is 0 Å². The number of halogens is 1. The maximum Gasteiger partial charge on any atom is 0.239 e. The molecule has 0 saturated carbocycles. The molecule has 0 spiro atoms. The van der Waals surface area contributed by atoms with Crippen molar-refractivity contribution in [3.63, 3.8) is 0 Å². The molecule has 0 saturated heterocycles. The second-order valence-corrected chi connectivity index (χ2v) is 4.51. The predicted molar refractivity (Wildman–Crippen MR) is 70.4 cm³/mol. The molecule has 1 aromatic heterocycles. The van der Waals surface area contributed by atoms with Crippen LogP contribution >= 0.6 is 15.9 Å². The molecule has 0 aliphatic rings. The summed E-state index contributed by atoms with van der Waals surface area (Å²) in [5.41, 5.74) is 6.94. The van der Waals surface area contributed by atoms with Gasteiger partial charge in [0.15, 0.2) is 0 Å². The number of primary amides is 1. The fraction of sp³-hybridized carbons (Fsp3) is 0.167. The van der Waals surface area contributed by atoms with E-state index in [1.54, 1.807) is 13.2 Å². The largest absolute Gasteiger partial charge is 0.368 e. The van der Waals surface area contributed by atoms with Crippen LogP contribution in [0.5, 0.6) is 0 Å². The molecule has 1 amide bonds. The second kappa shape index (κ2) is 4.81. The highest BCUT2D eigenvalue weighted by Gasteiger charge is 2.19. The quantitative estimate of drug-likeness (QED) is 0.906. The fourth-order valence-electron chi connectivity index (χ4n) is 1.84. The van der Waals surface area contributed by atoms with Gasteiger partial charge in [-0.3, -0.25) is 9.78 Å². The van der Waals surface area contributed by atoms with Crippen LogP contribution in [0, 0.1) is 0 Å². The van der Waals surface area contributed by atoms with Crippen molar-refractivity contribution in [2.45, 2.75) is 6.04 Å². The number of carbonyl (C=O) groups excluding carboxylic acids is 1. The molecule has 1 aromatic carbocycles. The van der Waals surface area contributed by atoms with E-state index in [9.17, 15) is 4.79 Å². The highest BCUT2D eigenvalue weighted by molar-refractivity contribution is 9.10. The third-order valence-corrected chi connectivity index (χ3v) is 3.32. The van der Waals surface area contributed by atoms with E-state index in [-0.39, 0.29) is 0 Å². The van der Waals surface area contributed by atoms with Gasteiger partial charge in [-0.1, -0.05) is 28.1 Å². The van der Waals surface area contributed by atoms with Gasteiger partial charge < -0.3 is 11.1 Å². The molecule has 3 N–H and O–H groups in total. The highest BCUT2D eigenvalue weighted by atomic mass is 79.9. The molecule has 4 nitrogen and oxygen atoms in total. The summed E-state index contributed by atoms with van der Waals surface area (Å²) in [6.45, 7) is 0. The molecule has 1 unspecified atom stereocenters. The molecule has 88 valence electrons. The highest BCUT2D eigenvalue weighted by Crippen LogP contribution is 2.28. The second-order valence-electron chi connectivity index (χ2n) is 3.66. The predicted octanol–water partition coefficient (Wildman–Crippen LogP) is 1.74. The van der Waals surface area contributed by atoms with Crippen molar-refractivity contribution in [1.82, 2.24) is 10.3 Å². The molecule has 0 aliphatic carbocycles. The van der Waals surface area contributed by atoms with E-state index in [0.717, 1.165) is 20.9 Å². The van der Waals surface area contributed by atoms with Crippen LogP contribution in [0.15, 0.2) is 34.9 Å². The van der Waals surface area contributed by atoms with E-state index in [0.29, 0.717) is 0 Å². The van der Waals surface area contributed by atoms with Crippen molar-refractivity contribution in [1.29, 1.82) is 0 Å². The summed E-state index contributed by atoms with van der Waals surface area (Å²) in [5.74, 6) is -0.415. The Balaban J connectivity index is 2.70. The van der Waals surface area contributed by atoms with Crippen LogP contribution in [0.25, 0.3) is 10.9 Å². The molecule has 2 rings (SSSR count). The zero-order valence-electron chi connectivity index (χ0n) is 9.27. The SMILES string of the molecule is CNC(C(N)=O)c1ccc(Br)c2cccnc12. The number of nitrogens with two attached hydrogens (primary N) is 1. The van der Waals surface area contributed by atoms with Gasteiger partial charge in [0.25, 0.3) is 0 Å². The van der Waals surface area contributed by atoms with Gasteiger partial charge in [0.1, 0.15) is 6.04 Å². The van der Waals surface area contributed by atoms with Gasteiger partial charge in [0.05, 0.1) is 5.52 Å². The molecule has 0 aliphatic heterocycles. The number of amides is 1. The Morgan fingerprint density at radius 2 is 2.24 bits per heavy atom. The van der Waals surface area contributed by atoms with Crippen molar-refractivity contribution in [3.05, 3.63) is 40.5 Å². The maximum absolute atomic E-state index is 11.4. The first-order valence-corrected chi connectivity index (χ1v) is 5.94. The minimum absolute atomic E-state index is 0.415. The monoisotopic (exact) mass is 293 g/mol. The first kappa shape index (κ1) is 12.0. The maximum atomic E-state index is 11.4. The minimum Gasteiger partial charge on any atom is -0.368 e. The Kier molecular flexibility index (Phi) is 3.40. The standard InChI is InChI=1S/C12H12BrN3O/c1-15-11(12(14)17)8-4-5-9(13)7-3-2-6-16-10(7)8/h2-6,11,15H,1H3,(H2,14,17). The summed E-state index contributed by atoms with van der Waals surface area (Å²) in [6, 6.07) is 7.03. The topological polar surface area (TPSA) is 68.0 Å². The molecule has 1 atom stereocenters. The Morgan fingerprint density at radius 3 is 2.88 bits per heavy atom. The van der Waals surface area contributed by atoms with Crippen molar-refractivity contribution in [2.75, 3.05) is 7.05 Å². The Hall–Kier alpha value is -1.46. The Labute approximate surface area is 107 Å². The number of fused-ring (bicyclic) bond motifs is 1. The van der Waals surface area contributed by atoms with Gasteiger partial charge in [-0.15, -0.1) is 0 Å². The number of aromatic nitrogens is 1. The summed E-state index contributed by atoms with van der Waals surface area (Å²) in [5, 5.41) is 3.86. The van der Waals surface area contributed by atoms with Gasteiger partial charge in [0, 0.05) is 21.6 Å². The molecular weight excluding hydrogens is 282 g/mol. The van der Waals surface area contributed by atoms with Crippen molar-refractivity contribution >= 4 is 32.7 Å². The van der Waals surface area contributed by atoms with Crippen molar-refractivity contribution < 1.29 is 4.79 Å². The van der Waals surface area contributed by atoms with Crippen LogP contribution in [0.2, 0.25) is 0 Å². The molecule has 0 bridgehead atoms. The van der Waals surface area contributed by atoms with Gasteiger partial charge in [-0.05, 0) is 19.2 Å². The summed E-state index contributed by atoms with van der Waals surface area (Å²) in [6.07, 6.45) is 1.70. The van der Waals surface area contributed by atoms with Crippen LogP contribution in [0.3, 0.4) is 0 Å². The van der Waals surface area contributed by atoms with E-state index in [1.807, 2.05) is 24.3 Å². The summed E-state index contributed by atoms with van der Waals surface area (Å²) in [7, 11) is 1.70. The third kappa shape index (κ3) is 2.16. The lowest BCUT2D eigenvalue weighted by Crippen LogP contribution is -2.31. The van der Waals surface area contributed by atoms with Crippen LogP contribution in [-0.2, 0) is 4.79 Å². The third-order valence-electron chi connectivity index (χ3n) is 2.63. The molecule has 1 heterocycles. The normalized spacial score (nSPS) is 12.6. The van der Waals surface area contributed by atoms with Crippen LogP contribution in [0.1, 0.15) is 11.6 Å². The summed E-state index contributed by atoms with van der Waals surface area (Å²) < 4.78 is 0.948. The van der Waals surface area contributed by atoms with E-state index < -0.39 is 11.9 Å². The number of hydrogen-bond acceptors (Lipinski definition) is 3. The number of benzene rings is 1. The Morgan fingerprint density at radius 1 is 1.47 bits per heavy atom. The first-order valence-electron chi connectivity index (χ1n) is 5.15. The first-order chi connectivity index (χ1) is 8.15. The minimum atomic E-state index is -0.527. The van der Waals surface area contributed by atoms with Crippen molar-refractivity contribution in [3.8, 4) is 0 Å². The molecule has 17 heavy (non-hydrogen) atoms. The van der Waals surface area contributed by atoms with E-state index in [1.165, 1.54) is 0 Å². The van der Waals surface area contributed by atoms with E-state index >= 15 is 0 Å². The smallest absolute Gasteiger partial charge is 0.239 e. The molecular formula is C12H12BrN3O. The number of nitrogens with one attached hydrogen (secondary N) is 1. The van der Waals surface area contributed by atoms with Crippen LogP contribution < -0.4 is 11.1 Å². The molecule has 5 heteroatoms. The molecule has 2 aromatic rings. The fourth-order valence-corrected chi connectivity index (χ4v) is 2.30. The van der Waals surface area contributed by atoms with Gasteiger partial charge in [0.2, 0.25) is 5.91 Å². The van der Waals surface area contributed by atoms with Gasteiger partial charge in [-0.25, -0.2) is 0 Å². The number of likely N-dealkylation sites (N-methyl/N-ethyl adjacent to an activating group) is 1. The number of pyridine rings is 1. The average Bonchev–Trinajstić information content (AvgIpc) is 2.33. The zero-order chi connectivity index (χ0) is 12.4. The molecule has 0 radical (unpaired) electrons. The zero-order valence-corrected chi connectivity index (χ0v) is 10.9. The number of hydrogen-bond donors (Lipinski definition) is 2. The number of nitrogens with zero attached hydrogens (tertiary/aromatic N) is 1. The number of carbonyl (C=O) groups is 1. The van der Waals surface area contributed by atoms with Crippen LogP contribution in [0.4, 0.5) is 0 Å². The lowest BCUT2D eigenvalue weighted by Gasteiger charge is -2.15. The van der Waals surface area contributed by atoms with Crippen molar-refractivity contribution in [2.24, 2.45) is 5.73 Å².